The van der Waals surface area contributed by atoms with Crippen LogP contribution in [-0.2, 0) is 11.3 Å². The van der Waals surface area contributed by atoms with Gasteiger partial charge in [-0.05, 0) is 24.6 Å². The van der Waals surface area contributed by atoms with E-state index in [-0.39, 0.29) is 12.3 Å². The number of alkyl halides is 3. The van der Waals surface area contributed by atoms with Crippen LogP contribution in [0.5, 0.6) is 0 Å². The second kappa shape index (κ2) is 5.97. The van der Waals surface area contributed by atoms with Gasteiger partial charge < -0.3 is 9.67 Å². The molecule has 0 saturated heterocycles. The van der Waals surface area contributed by atoms with Crippen molar-refractivity contribution in [3.8, 4) is 0 Å². The number of aliphatic carboxylic acids is 1. The number of hydrogen-bond donors (Lipinski definition) is 1. The first-order chi connectivity index (χ1) is 9.76. The minimum Gasteiger partial charge on any atom is -0.481 e. The molecule has 0 bridgehead atoms. The van der Waals surface area contributed by atoms with Crippen molar-refractivity contribution in [3.63, 3.8) is 0 Å². The zero-order chi connectivity index (χ0) is 15.6. The normalized spacial score (nSPS) is 12.0. The molecule has 2 aromatic rings. The maximum Gasteiger partial charge on any atom is 0.390 e. The van der Waals surface area contributed by atoms with Gasteiger partial charge >= 0.3 is 12.1 Å². The van der Waals surface area contributed by atoms with Crippen molar-refractivity contribution in [3.05, 3.63) is 23.8 Å². The van der Waals surface area contributed by atoms with Gasteiger partial charge in [-0.25, -0.2) is 4.98 Å². The molecule has 2 rings (SSSR count). The largest absolute Gasteiger partial charge is 0.481 e. The van der Waals surface area contributed by atoms with Crippen molar-refractivity contribution >= 4 is 28.8 Å². The minimum atomic E-state index is -4.27. The van der Waals surface area contributed by atoms with Crippen LogP contribution in [0.25, 0.3) is 11.0 Å². The number of nitrogens with zero attached hydrogens (tertiary/aromatic N) is 2. The summed E-state index contributed by atoms with van der Waals surface area (Å²) in [4.78, 5) is 14.9. The molecule has 0 fully saturated rings. The van der Waals surface area contributed by atoms with E-state index in [0.717, 1.165) is 17.3 Å². The summed E-state index contributed by atoms with van der Waals surface area (Å²) in [5.41, 5.74) is 2.06. The topological polar surface area (TPSA) is 55.1 Å². The summed E-state index contributed by atoms with van der Waals surface area (Å²) >= 11 is 0.922. The fraction of sp³-hybridized carbons (Fsp3) is 0.385. The summed E-state index contributed by atoms with van der Waals surface area (Å²) in [5.74, 6) is -1.28. The number of aryl methyl sites for hydroxylation is 2. The molecular weight excluding hydrogens is 305 g/mol. The van der Waals surface area contributed by atoms with Crippen molar-refractivity contribution in [2.75, 3.05) is 5.75 Å². The monoisotopic (exact) mass is 318 g/mol. The van der Waals surface area contributed by atoms with Crippen molar-refractivity contribution in [2.45, 2.75) is 31.2 Å². The summed E-state index contributed by atoms with van der Waals surface area (Å²) in [6.07, 6.45) is -5.25. The molecule has 8 heteroatoms. The Morgan fingerprint density at radius 3 is 2.76 bits per heavy atom. The third kappa shape index (κ3) is 4.13. The Morgan fingerprint density at radius 2 is 2.14 bits per heavy atom. The highest BCUT2D eigenvalue weighted by Crippen LogP contribution is 2.28. The Morgan fingerprint density at radius 1 is 1.43 bits per heavy atom. The Labute approximate surface area is 123 Å². The molecule has 0 aliphatic rings. The van der Waals surface area contributed by atoms with Crippen molar-refractivity contribution in [1.82, 2.24) is 9.55 Å². The van der Waals surface area contributed by atoms with Crippen LogP contribution in [0.2, 0.25) is 0 Å². The predicted octanol–water partition coefficient (Wildman–Crippen LogP) is 3.47. The highest BCUT2D eigenvalue weighted by molar-refractivity contribution is 7.99. The number of carboxylic acids is 1. The summed E-state index contributed by atoms with van der Waals surface area (Å²) in [6.45, 7) is 1.57. The van der Waals surface area contributed by atoms with Crippen molar-refractivity contribution in [2.24, 2.45) is 0 Å². The van der Waals surface area contributed by atoms with Crippen LogP contribution in [0, 0.1) is 6.92 Å². The fourth-order valence-corrected chi connectivity index (χ4v) is 2.66. The van der Waals surface area contributed by atoms with Gasteiger partial charge in [-0.3, -0.25) is 4.79 Å². The van der Waals surface area contributed by atoms with Gasteiger partial charge in [0.05, 0.1) is 23.2 Å². The van der Waals surface area contributed by atoms with Gasteiger partial charge in [0.1, 0.15) is 0 Å². The predicted molar refractivity (Wildman–Crippen MR) is 73.5 cm³/mol. The molecule has 0 atom stereocenters. The zero-order valence-electron chi connectivity index (χ0n) is 11.1. The number of hydrogen-bond acceptors (Lipinski definition) is 3. The van der Waals surface area contributed by atoms with Crippen LogP contribution in [-0.4, -0.2) is 32.6 Å². The molecule has 1 aromatic carbocycles. The number of aromatic nitrogens is 2. The van der Waals surface area contributed by atoms with E-state index in [4.69, 9.17) is 5.11 Å². The molecule has 0 saturated carbocycles. The summed E-state index contributed by atoms with van der Waals surface area (Å²) in [7, 11) is 0. The summed E-state index contributed by atoms with van der Waals surface area (Å²) < 4.78 is 38.7. The molecule has 1 N–H and O–H groups in total. The first kappa shape index (κ1) is 15.7. The highest BCUT2D eigenvalue weighted by Gasteiger charge is 2.27. The van der Waals surface area contributed by atoms with Crippen LogP contribution < -0.4 is 0 Å². The summed E-state index contributed by atoms with van der Waals surface area (Å²) in [5, 5.41) is 9.00. The number of imidazole rings is 1. The molecular formula is C13H13F3N2O2S. The number of fused-ring (bicyclic) bond motifs is 1. The lowest BCUT2D eigenvalue weighted by Crippen LogP contribution is -2.13. The van der Waals surface area contributed by atoms with E-state index in [1.807, 2.05) is 13.0 Å². The average molecular weight is 318 g/mol. The maximum atomic E-state index is 12.4. The van der Waals surface area contributed by atoms with E-state index in [1.165, 1.54) is 4.57 Å². The third-order valence-corrected chi connectivity index (χ3v) is 3.77. The lowest BCUT2D eigenvalue weighted by Gasteiger charge is -2.10. The number of benzene rings is 1. The van der Waals surface area contributed by atoms with E-state index in [1.54, 1.807) is 12.1 Å². The van der Waals surface area contributed by atoms with Gasteiger partial charge in [-0.1, -0.05) is 17.8 Å². The fourth-order valence-electron chi connectivity index (χ4n) is 1.90. The molecule has 0 aliphatic heterocycles. The van der Waals surface area contributed by atoms with E-state index < -0.39 is 18.6 Å². The lowest BCUT2D eigenvalue weighted by molar-refractivity contribution is -0.137. The summed E-state index contributed by atoms with van der Waals surface area (Å²) in [6, 6.07) is 5.29. The van der Waals surface area contributed by atoms with Crippen molar-refractivity contribution < 1.29 is 23.1 Å². The van der Waals surface area contributed by atoms with Crippen molar-refractivity contribution in [1.29, 1.82) is 0 Å². The van der Waals surface area contributed by atoms with Crippen LogP contribution in [0.1, 0.15) is 12.0 Å². The number of halogens is 3. The Bertz CT molecular complexity index is 667. The molecule has 0 spiro atoms. The lowest BCUT2D eigenvalue weighted by atomic mass is 10.2. The molecule has 0 amide bonds. The van der Waals surface area contributed by atoms with Gasteiger partial charge in [-0.15, -0.1) is 0 Å². The second-order valence-corrected chi connectivity index (χ2v) is 5.53. The number of carboxylic acid groups (broad SMARTS) is 1. The van der Waals surface area contributed by atoms with Gasteiger partial charge in [-0.2, -0.15) is 13.2 Å². The van der Waals surface area contributed by atoms with E-state index in [2.05, 4.69) is 4.98 Å². The number of carbonyl (C=O) groups is 1. The van der Waals surface area contributed by atoms with E-state index in [9.17, 15) is 18.0 Å². The smallest absolute Gasteiger partial charge is 0.390 e. The molecule has 21 heavy (non-hydrogen) atoms. The molecule has 1 heterocycles. The van der Waals surface area contributed by atoms with Gasteiger partial charge in [0, 0.05) is 6.54 Å². The maximum absolute atomic E-state index is 12.4. The standard InChI is InChI=1S/C13H13F3N2O2S/c1-8-2-3-9-10(6-8)18(5-4-13(14,15)16)12(17-9)21-7-11(19)20/h2-3,6H,4-5,7H2,1H3,(H,19,20). The van der Waals surface area contributed by atoms with Crippen LogP contribution in [0.4, 0.5) is 13.2 Å². The minimum absolute atomic E-state index is 0.242. The molecule has 4 nitrogen and oxygen atoms in total. The average Bonchev–Trinajstić information content (AvgIpc) is 2.70. The number of thioether (sulfide) groups is 1. The van der Waals surface area contributed by atoms with Gasteiger partial charge in [0.25, 0.3) is 0 Å². The number of rotatable bonds is 5. The van der Waals surface area contributed by atoms with Crippen LogP contribution in [0.3, 0.4) is 0 Å². The van der Waals surface area contributed by atoms with E-state index >= 15 is 0 Å². The Hall–Kier alpha value is -1.70. The molecule has 0 unspecified atom stereocenters. The Balaban J connectivity index is 2.38. The second-order valence-electron chi connectivity index (χ2n) is 4.59. The SMILES string of the molecule is Cc1ccc2nc(SCC(=O)O)n(CCC(F)(F)F)c2c1. The third-order valence-electron chi connectivity index (χ3n) is 2.81. The van der Waals surface area contributed by atoms with Crippen LogP contribution >= 0.6 is 11.8 Å². The molecule has 0 radical (unpaired) electrons. The molecule has 1 aromatic heterocycles. The van der Waals surface area contributed by atoms with E-state index in [0.29, 0.717) is 16.2 Å². The first-order valence-electron chi connectivity index (χ1n) is 6.14. The highest BCUT2D eigenvalue weighted by atomic mass is 32.2. The van der Waals surface area contributed by atoms with Crippen LogP contribution in [0.15, 0.2) is 23.4 Å². The first-order valence-corrected chi connectivity index (χ1v) is 7.13. The Kier molecular flexibility index (Phi) is 4.46. The quantitative estimate of drug-likeness (QED) is 0.858. The van der Waals surface area contributed by atoms with Gasteiger partial charge in [0.15, 0.2) is 5.16 Å². The van der Waals surface area contributed by atoms with Gasteiger partial charge in [0.2, 0.25) is 0 Å². The molecule has 114 valence electrons. The molecule has 0 aliphatic carbocycles. The zero-order valence-corrected chi connectivity index (χ0v) is 12.0.